The molecule has 0 aromatic heterocycles. The Morgan fingerprint density at radius 1 is 1.28 bits per heavy atom. The Morgan fingerprint density at radius 2 is 2.00 bits per heavy atom. The molecule has 1 saturated heterocycles. The van der Waals surface area contributed by atoms with Crippen LogP contribution in [0, 0.1) is 17.8 Å². The molecule has 2 unspecified atom stereocenters. The Morgan fingerprint density at radius 3 is 2.72 bits per heavy atom. The number of Topliss-reactive ketones (excluding diaryl/α,β-unsaturated/α-hetero) is 1. The van der Waals surface area contributed by atoms with E-state index in [9.17, 15) is 4.79 Å². The lowest BCUT2D eigenvalue weighted by Gasteiger charge is -2.34. The Balaban J connectivity index is 1.94. The van der Waals surface area contributed by atoms with E-state index in [0.717, 1.165) is 18.7 Å². The first-order chi connectivity index (χ1) is 8.66. The van der Waals surface area contributed by atoms with Gasteiger partial charge in [-0.05, 0) is 19.1 Å². The van der Waals surface area contributed by atoms with Crippen molar-refractivity contribution in [2.75, 3.05) is 13.1 Å². The lowest BCUT2D eigenvalue weighted by atomic mass is 9.94. The van der Waals surface area contributed by atoms with E-state index in [4.69, 9.17) is 0 Å². The van der Waals surface area contributed by atoms with E-state index in [1.54, 1.807) is 0 Å². The van der Waals surface area contributed by atoms with Crippen molar-refractivity contribution in [1.29, 1.82) is 0 Å². The normalized spacial score (nSPS) is 24.4. The predicted molar refractivity (Wildman–Crippen MR) is 73.1 cm³/mol. The number of nitrogens with zero attached hydrogens (tertiary/aromatic N) is 1. The fourth-order valence-corrected chi connectivity index (χ4v) is 2.24. The SMILES string of the molecule is CC1CN(CC#Cc2ccccc2)C(C)CC1=O. The number of hydrogen-bond acceptors (Lipinski definition) is 2. The molecule has 0 amide bonds. The first-order valence-electron chi connectivity index (χ1n) is 6.47. The topological polar surface area (TPSA) is 20.3 Å². The van der Waals surface area contributed by atoms with Crippen LogP contribution in [0.1, 0.15) is 25.8 Å². The summed E-state index contributed by atoms with van der Waals surface area (Å²) < 4.78 is 0. The molecule has 1 aliphatic rings. The summed E-state index contributed by atoms with van der Waals surface area (Å²) in [5.41, 5.74) is 1.05. The number of rotatable bonds is 1. The summed E-state index contributed by atoms with van der Waals surface area (Å²) >= 11 is 0. The highest BCUT2D eigenvalue weighted by atomic mass is 16.1. The van der Waals surface area contributed by atoms with Crippen LogP contribution in [0.15, 0.2) is 30.3 Å². The van der Waals surface area contributed by atoms with Gasteiger partial charge in [-0.3, -0.25) is 9.69 Å². The highest BCUT2D eigenvalue weighted by molar-refractivity contribution is 5.82. The van der Waals surface area contributed by atoms with E-state index in [-0.39, 0.29) is 5.92 Å². The van der Waals surface area contributed by atoms with Gasteiger partial charge in [0.05, 0.1) is 6.54 Å². The van der Waals surface area contributed by atoms with E-state index in [2.05, 4.69) is 23.7 Å². The molecule has 18 heavy (non-hydrogen) atoms. The molecule has 0 N–H and O–H groups in total. The van der Waals surface area contributed by atoms with Crippen molar-refractivity contribution in [2.45, 2.75) is 26.3 Å². The molecule has 2 rings (SSSR count). The van der Waals surface area contributed by atoms with Crippen molar-refractivity contribution < 1.29 is 4.79 Å². The summed E-state index contributed by atoms with van der Waals surface area (Å²) in [6.07, 6.45) is 0.661. The van der Waals surface area contributed by atoms with Crippen molar-refractivity contribution in [3.8, 4) is 11.8 Å². The average Bonchev–Trinajstić information content (AvgIpc) is 2.37. The maximum Gasteiger partial charge on any atom is 0.138 e. The summed E-state index contributed by atoms with van der Waals surface area (Å²) in [5.74, 6) is 6.90. The molecule has 1 fully saturated rings. The zero-order chi connectivity index (χ0) is 13.0. The number of piperidine rings is 1. The fourth-order valence-electron chi connectivity index (χ4n) is 2.24. The van der Waals surface area contributed by atoms with Gasteiger partial charge in [0.25, 0.3) is 0 Å². The van der Waals surface area contributed by atoms with Crippen LogP contribution in [0.2, 0.25) is 0 Å². The van der Waals surface area contributed by atoms with Gasteiger partial charge in [-0.1, -0.05) is 37.0 Å². The van der Waals surface area contributed by atoms with Crippen LogP contribution < -0.4 is 0 Å². The second-order valence-corrected chi connectivity index (χ2v) is 5.02. The Hall–Kier alpha value is -1.59. The van der Waals surface area contributed by atoms with Gasteiger partial charge in [-0.2, -0.15) is 0 Å². The minimum absolute atomic E-state index is 0.153. The van der Waals surface area contributed by atoms with Gasteiger partial charge in [-0.15, -0.1) is 0 Å². The van der Waals surface area contributed by atoms with E-state index in [0.29, 0.717) is 18.2 Å². The minimum atomic E-state index is 0.153. The zero-order valence-corrected chi connectivity index (χ0v) is 11.0. The molecule has 2 atom stereocenters. The summed E-state index contributed by atoms with van der Waals surface area (Å²) in [6.45, 7) is 5.69. The highest BCUT2D eigenvalue weighted by Crippen LogP contribution is 2.17. The van der Waals surface area contributed by atoms with Crippen molar-refractivity contribution in [1.82, 2.24) is 4.90 Å². The summed E-state index contributed by atoms with van der Waals surface area (Å²) in [7, 11) is 0. The average molecular weight is 241 g/mol. The lowest BCUT2D eigenvalue weighted by Crippen LogP contribution is -2.45. The molecular weight excluding hydrogens is 222 g/mol. The molecule has 0 bridgehead atoms. The quantitative estimate of drug-likeness (QED) is 0.703. The number of likely N-dealkylation sites (tertiary alicyclic amines) is 1. The maximum atomic E-state index is 11.6. The van der Waals surface area contributed by atoms with Crippen molar-refractivity contribution in [2.24, 2.45) is 5.92 Å². The number of carbonyl (C=O) groups is 1. The smallest absolute Gasteiger partial charge is 0.138 e. The van der Waals surface area contributed by atoms with Gasteiger partial charge in [0.1, 0.15) is 5.78 Å². The molecule has 1 heterocycles. The Bertz CT molecular complexity index is 469. The van der Waals surface area contributed by atoms with Crippen molar-refractivity contribution in [3.63, 3.8) is 0 Å². The van der Waals surface area contributed by atoms with Crippen LogP contribution in [0.3, 0.4) is 0 Å². The van der Waals surface area contributed by atoms with Crippen LogP contribution in [0.5, 0.6) is 0 Å². The van der Waals surface area contributed by atoms with Crippen LogP contribution >= 0.6 is 0 Å². The summed E-state index contributed by atoms with van der Waals surface area (Å²) in [4.78, 5) is 13.9. The van der Waals surface area contributed by atoms with Crippen molar-refractivity contribution in [3.05, 3.63) is 35.9 Å². The van der Waals surface area contributed by atoms with E-state index in [1.165, 1.54) is 0 Å². The second kappa shape index (κ2) is 5.84. The zero-order valence-electron chi connectivity index (χ0n) is 11.0. The van der Waals surface area contributed by atoms with Crippen LogP contribution in [-0.2, 0) is 4.79 Å². The minimum Gasteiger partial charge on any atom is -0.299 e. The van der Waals surface area contributed by atoms with Crippen LogP contribution in [0.25, 0.3) is 0 Å². The van der Waals surface area contributed by atoms with Gasteiger partial charge >= 0.3 is 0 Å². The van der Waals surface area contributed by atoms with Gasteiger partial charge in [0.2, 0.25) is 0 Å². The Labute approximate surface area is 109 Å². The number of carbonyl (C=O) groups excluding carboxylic acids is 1. The number of benzene rings is 1. The third-order valence-electron chi connectivity index (χ3n) is 3.47. The van der Waals surface area contributed by atoms with E-state index < -0.39 is 0 Å². The third kappa shape index (κ3) is 3.21. The molecule has 0 radical (unpaired) electrons. The first-order valence-corrected chi connectivity index (χ1v) is 6.47. The van der Waals surface area contributed by atoms with Crippen LogP contribution in [0.4, 0.5) is 0 Å². The van der Waals surface area contributed by atoms with E-state index >= 15 is 0 Å². The van der Waals surface area contributed by atoms with Crippen LogP contribution in [-0.4, -0.2) is 29.8 Å². The largest absolute Gasteiger partial charge is 0.299 e. The molecule has 0 aliphatic carbocycles. The fraction of sp³-hybridized carbons (Fsp3) is 0.438. The molecular formula is C16H19NO. The standard InChI is InChI=1S/C16H19NO/c1-13-12-17(14(2)11-16(13)18)10-6-9-15-7-4-3-5-8-15/h3-5,7-8,13-14H,10-12H2,1-2H3. The second-order valence-electron chi connectivity index (χ2n) is 5.02. The van der Waals surface area contributed by atoms with E-state index in [1.807, 2.05) is 37.3 Å². The molecule has 2 heteroatoms. The summed E-state index contributed by atoms with van der Waals surface area (Å²) in [5, 5.41) is 0. The van der Waals surface area contributed by atoms with Gasteiger partial charge < -0.3 is 0 Å². The number of hydrogen-bond donors (Lipinski definition) is 0. The lowest BCUT2D eigenvalue weighted by molar-refractivity contribution is -0.127. The summed E-state index contributed by atoms with van der Waals surface area (Å²) in [6, 6.07) is 10.3. The molecule has 2 nitrogen and oxygen atoms in total. The first kappa shape index (κ1) is 12.9. The molecule has 0 saturated carbocycles. The molecule has 1 aliphatic heterocycles. The maximum absolute atomic E-state index is 11.6. The van der Waals surface area contributed by atoms with Gasteiger partial charge in [0.15, 0.2) is 0 Å². The van der Waals surface area contributed by atoms with Crippen molar-refractivity contribution >= 4 is 5.78 Å². The number of ketones is 1. The third-order valence-corrected chi connectivity index (χ3v) is 3.47. The molecule has 1 aromatic carbocycles. The van der Waals surface area contributed by atoms with Gasteiger partial charge in [0, 0.05) is 30.5 Å². The molecule has 1 aromatic rings. The van der Waals surface area contributed by atoms with Gasteiger partial charge in [-0.25, -0.2) is 0 Å². The highest BCUT2D eigenvalue weighted by Gasteiger charge is 2.28. The predicted octanol–water partition coefficient (Wildman–Crippen LogP) is 2.34. The molecule has 0 spiro atoms. The monoisotopic (exact) mass is 241 g/mol. The molecule has 94 valence electrons. The Kier molecular flexibility index (Phi) is 4.17.